The zero-order valence-corrected chi connectivity index (χ0v) is 7.50. The lowest BCUT2D eigenvalue weighted by atomic mass is 10.2. The van der Waals surface area contributed by atoms with Crippen LogP contribution in [0.25, 0.3) is 0 Å². The fourth-order valence-electron chi connectivity index (χ4n) is 0.418. The topological polar surface area (TPSA) is 46.5 Å². The van der Waals surface area contributed by atoms with Gasteiger partial charge >= 0.3 is 5.97 Å². The summed E-state index contributed by atoms with van der Waals surface area (Å²) >= 11 is 0. The molecule has 0 rings (SSSR count). The van der Waals surface area contributed by atoms with Crippen LogP contribution in [0, 0.1) is 5.92 Å². The lowest BCUT2D eigenvalue weighted by Crippen LogP contribution is -2.27. The predicted molar refractivity (Wildman–Crippen MR) is 42.1 cm³/mol. The van der Waals surface area contributed by atoms with E-state index in [1.165, 1.54) is 0 Å². The van der Waals surface area contributed by atoms with Crippen molar-refractivity contribution in [2.45, 2.75) is 39.9 Å². The smallest absolute Gasteiger partial charge is 0.308 e. The van der Waals surface area contributed by atoms with Crippen molar-refractivity contribution >= 4 is 5.97 Å². The third-order valence-electron chi connectivity index (χ3n) is 1.45. The summed E-state index contributed by atoms with van der Waals surface area (Å²) in [6.45, 7) is 6.79. The summed E-state index contributed by atoms with van der Waals surface area (Å²) in [5, 5.41) is 8.97. The molecule has 0 bridgehead atoms. The van der Waals surface area contributed by atoms with Gasteiger partial charge in [0.1, 0.15) is 6.10 Å². The molecular formula is C8H16O3. The quantitative estimate of drug-likeness (QED) is 0.625. The van der Waals surface area contributed by atoms with Crippen LogP contribution in [0.4, 0.5) is 0 Å². The summed E-state index contributed by atoms with van der Waals surface area (Å²) in [7, 11) is 0. The van der Waals surface area contributed by atoms with Gasteiger partial charge in [-0.3, -0.25) is 4.79 Å². The zero-order chi connectivity index (χ0) is 9.02. The number of hydrogen-bond acceptors (Lipinski definition) is 3. The Morgan fingerprint density at radius 3 is 2.00 bits per heavy atom. The van der Waals surface area contributed by atoms with Crippen molar-refractivity contribution in [2.75, 3.05) is 0 Å². The molecule has 3 heteroatoms. The van der Waals surface area contributed by atoms with Crippen molar-refractivity contribution in [2.24, 2.45) is 5.92 Å². The second-order valence-electron chi connectivity index (χ2n) is 3.04. The highest BCUT2D eigenvalue weighted by molar-refractivity contribution is 5.71. The van der Waals surface area contributed by atoms with E-state index in [0.717, 1.165) is 0 Å². The first kappa shape index (κ1) is 10.4. The normalized spacial score (nSPS) is 16.2. The Morgan fingerprint density at radius 2 is 1.73 bits per heavy atom. The van der Waals surface area contributed by atoms with Crippen molar-refractivity contribution in [1.82, 2.24) is 0 Å². The Hall–Kier alpha value is -0.570. The number of esters is 1. The maximum absolute atomic E-state index is 10.9. The maximum atomic E-state index is 10.9. The van der Waals surface area contributed by atoms with Gasteiger partial charge in [0.2, 0.25) is 0 Å². The minimum atomic E-state index is -0.599. The standard InChI is InChI=1S/C8H16O3/c1-5(2)8(10)11-7(4)6(3)9/h5-7,9H,1-4H3/t6-,7-/m1/s1. The van der Waals surface area contributed by atoms with Crippen LogP contribution in [0.3, 0.4) is 0 Å². The van der Waals surface area contributed by atoms with E-state index in [-0.39, 0.29) is 11.9 Å². The molecule has 0 amide bonds. The highest BCUT2D eigenvalue weighted by Crippen LogP contribution is 2.03. The molecule has 0 aromatic carbocycles. The van der Waals surface area contributed by atoms with Crippen LogP contribution in [0.15, 0.2) is 0 Å². The number of ether oxygens (including phenoxy) is 1. The third-order valence-corrected chi connectivity index (χ3v) is 1.45. The third kappa shape index (κ3) is 3.98. The molecule has 0 unspecified atom stereocenters. The molecule has 2 atom stereocenters. The van der Waals surface area contributed by atoms with Crippen molar-refractivity contribution in [3.05, 3.63) is 0 Å². The highest BCUT2D eigenvalue weighted by Gasteiger charge is 2.16. The Labute approximate surface area is 67.4 Å². The summed E-state index contributed by atoms with van der Waals surface area (Å²) in [5.74, 6) is -0.394. The molecule has 0 aromatic rings. The van der Waals surface area contributed by atoms with Gasteiger partial charge in [0.05, 0.1) is 12.0 Å². The Kier molecular flexibility index (Phi) is 4.11. The molecule has 0 aliphatic heterocycles. The molecule has 0 fully saturated rings. The molecule has 0 heterocycles. The molecule has 0 aromatic heterocycles. The van der Waals surface area contributed by atoms with E-state index < -0.39 is 12.2 Å². The summed E-state index contributed by atoms with van der Waals surface area (Å²) in [5.41, 5.74) is 0. The SMILES string of the molecule is CC(C)C(=O)O[C@H](C)[C@@H](C)O. The molecule has 3 nitrogen and oxygen atoms in total. The second-order valence-corrected chi connectivity index (χ2v) is 3.04. The van der Waals surface area contributed by atoms with E-state index in [2.05, 4.69) is 0 Å². The summed E-state index contributed by atoms with van der Waals surface area (Å²) in [6, 6.07) is 0. The van der Waals surface area contributed by atoms with Crippen LogP contribution in [0.1, 0.15) is 27.7 Å². The minimum Gasteiger partial charge on any atom is -0.460 e. The van der Waals surface area contributed by atoms with Crippen molar-refractivity contribution in [3.63, 3.8) is 0 Å². The van der Waals surface area contributed by atoms with Crippen LogP contribution < -0.4 is 0 Å². The van der Waals surface area contributed by atoms with E-state index in [1.807, 2.05) is 0 Å². The number of carbonyl (C=O) groups is 1. The predicted octanol–water partition coefficient (Wildman–Crippen LogP) is 0.955. The average molecular weight is 160 g/mol. The Morgan fingerprint density at radius 1 is 1.27 bits per heavy atom. The van der Waals surface area contributed by atoms with Crippen LogP contribution in [-0.4, -0.2) is 23.3 Å². The van der Waals surface area contributed by atoms with E-state index in [4.69, 9.17) is 9.84 Å². The molecule has 0 spiro atoms. The lowest BCUT2D eigenvalue weighted by molar-refractivity contribution is -0.156. The van der Waals surface area contributed by atoms with Gasteiger partial charge in [-0.25, -0.2) is 0 Å². The molecule has 0 saturated carbocycles. The first-order valence-corrected chi connectivity index (χ1v) is 3.83. The van der Waals surface area contributed by atoms with Gasteiger partial charge in [-0.15, -0.1) is 0 Å². The summed E-state index contributed by atoms with van der Waals surface area (Å²) in [4.78, 5) is 10.9. The van der Waals surface area contributed by atoms with Crippen molar-refractivity contribution in [3.8, 4) is 0 Å². The highest BCUT2D eigenvalue weighted by atomic mass is 16.6. The zero-order valence-electron chi connectivity index (χ0n) is 7.50. The lowest BCUT2D eigenvalue weighted by Gasteiger charge is -2.16. The molecule has 0 aliphatic carbocycles. The Bertz CT molecular complexity index is 129. The first-order valence-electron chi connectivity index (χ1n) is 3.83. The van der Waals surface area contributed by atoms with Crippen LogP contribution in [0.2, 0.25) is 0 Å². The van der Waals surface area contributed by atoms with E-state index in [0.29, 0.717) is 0 Å². The first-order chi connectivity index (χ1) is 4.95. The van der Waals surface area contributed by atoms with Gasteiger partial charge in [0.25, 0.3) is 0 Å². The molecule has 1 N–H and O–H groups in total. The van der Waals surface area contributed by atoms with E-state index >= 15 is 0 Å². The monoisotopic (exact) mass is 160 g/mol. The van der Waals surface area contributed by atoms with Gasteiger partial charge in [-0.2, -0.15) is 0 Å². The van der Waals surface area contributed by atoms with Gasteiger partial charge in [0, 0.05) is 0 Å². The number of hydrogen-bond donors (Lipinski definition) is 1. The fraction of sp³-hybridized carbons (Fsp3) is 0.875. The van der Waals surface area contributed by atoms with Gasteiger partial charge in [-0.05, 0) is 13.8 Å². The largest absolute Gasteiger partial charge is 0.460 e. The van der Waals surface area contributed by atoms with Gasteiger partial charge in [0.15, 0.2) is 0 Å². The summed E-state index contributed by atoms with van der Waals surface area (Å²) in [6.07, 6.45) is -1.01. The van der Waals surface area contributed by atoms with Crippen molar-refractivity contribution in [1.29, 1.82) is 0 Å². The average Bonchev–Trinajstić information content (AvgIpc) is 1.87. The second kappa shape index (κ2) is 4.34. The molecule has 0 radical (unpaired) electrons. The van der Waals surface area contributed by atoms with Crippen molar-refractivity contribution < 1.29 is 14.6 Å². The van der Waals surface area contributed by atoms with Crippen LogP contribution in [-0.2, 0) is 9.53 Å². The molecule has 66 valence electrons. The number of aliphatic hydroxyl groups excluding tert-OH is 1. The fourth-order valence-corrected chi connectivity index (χ4v) is 0.418. The molecule has 0 saturated heterocycles. The van der Waals surface area contributed by atoms with E-state index in [1.54, 1.807) is 27.7 Å². The minimum absolute atomic E-state index is 0.129. The number of aliphatic hydroxyl groups is 1. The Balaban J connectivity index is 3.76. The summed E-state index contributed by atoms with van der Waals surface area (Å²) < 4.78 is 4.88. The van der Waals surface area contributed by atoms with Gasteiger partial charge in [-0.1, -0.05) is 13.8 Å². The van der Waals surface area contributed by atoms with Gasteiger partial charge < -0.3 is 9.84 Å². The molecular weight excluding hydrogens is 144 g/mol. The molecule has 0 aliphatic rings. The van der Waals surface area contributed by atoms with Crippen LogP contribution in [0.5, 0.6) is 0 Å². The van der Waals surface area contributed by atoms with E-state index in [9.17, 15) is 4.79 Å². The number of rotatable bonds is 3. The molecule has 11 heavy (non-hydrogen) atoms. The van der Waals surface area contributed by atoms with Crippen LogP contribution >= 0.6 is 0 Å². The maximum Gasteiger partial charge on any atom is 0.308 e. The number of carbonyl (C=O) groups excluding carboxylic acids is 1.